The third-order valence-electron chi connectivity index (χ3n) is 2.41. The van der Waals surface area contributed by atoms with Gasteiger partial charge >= 0.3 is 0 Å². The average Bonchev–Trinajstić information content (AvgIpc) is 2.29. The highest BCUT2D eigenvalue weighted by Crippen LogP contribution is 2.16. The van der Waals surface area contributed by atoms with Crippen molar-refractivity contribution in [3.8, 4) is 5.75 Å². The lowest BCUT2D eigenvalue weighted by atomic mass is 9.99. The molecule has 1 unspecified atom stereocenters. The maximum atomic E-state index is 12.8. The van der Waals surface area contributed by atoms with Gasteiger partial charge in [0, 0.05) is 11.6 Å². The van der Waals surface area contributed by atoms with Gasteiger partial charge in [0.1, 0.15) is 5.75 Å². The number of ether oxygens (including phenoxy) is 1. The molecule has 0 aliphatic carbocycles. The van der Waals surface area contributed by atoms with Gasteiger partial charge in [-0.3, -0.25) is 0 Å². The van der Waals surface area contributed by atoms with Gasteiger partial charge in [-0.25, -0.2) is 8.78 Å². The Labute approximate surface area is 99.2 Å². The Balaban J connectivity index is 2.34. The lowest BCUT2D eigenvalue weighted by molar-refractivity contribution is 0.188. The molecule has 0 aliphatic heterocycles. The van der Waals surface area contributed by atoms with Crippen molar-refractivity contribution in [3.63, 3.8) is 0 Å². The van der Waals surface area contributed by atoms with Crippen LogP contribution in [0.3, 0.4) is 0 Å². The zero-order chi connectivity index (χ0) is 12.9. The van der Waals surface area contributed by atoms with Gasteiger partial charge < -0.3 is 15.6 Å². The van der Waals surface area contributed by atoms with Crippen LogP contribution in [0, 0.1) is 11.6 Å². The van der Waals surface area contributed by atoms with Gasteiger partial charge in [0.2, 0.25) is 0 Å². The predicted molar refractivity (Wildman–Crippen MR) is 60.8 cm³/mol. The first kappa shape index (κ1) is 13.9. The molecule has 17 heavy (non-hydrogen) atoms. The van der Waals surface area contributed by atoms with Crippen LogP contribution >= 0.6 is 0 Å². The van der Waals surface area contributed by atoms with Crippen LogP contribution in [0.4, 0.5) is 8.78 Å². The fraction of sp³-hybridized carbons (Fsp3) is 0.500. The molecule has 0 amide bonds. The quantitative estimate of drug-likeness (QED) is 0.752. The van der Waals surface area contributed by atoms with Crippen molar-refractivity contribution < 1.29 is 18.6 Å². The number of hydrogen-bond donors (Lipinski definition) is 2. The normalized spacial score (nSPS) is 14.4. The van der Waals surface area contributed by atoms with Gasteiger partial charge in [-0.1, -0.05) is 0 Å². The standard InChI is InChI=1S/C12H17F2NO2/c1-12(15,8-16)5-2-6-17-9-3-4-10(13)11(14)7-9/h3-4,7,16H,2,5-6,8,15H2,1H3. The van der Waals surface area contributed by atoms with E-state index in [0.717, 1.165) is 12.1 Å². The van der Waals surface area contributed by atoms with E-state index in [1.165, 1.54) is 6.07 Å². The van der Waals surface area contributed by atoms with Crippen molar-refractivity contribution in [3.05, 3.63) is 29.8 Å². The van der Waals surface area contributed by atoms with Crippen LogP contribution in [0.15, 0.2) is 18.2 Å². The maximum absolute atomic E-state index is 12.8. The summed E-state index contributed by atoms with van der Waals surface area (Å²) < 4.78 is 30.7. The van der Waals surface area contributed by atoms with Gasteiger partial charge in [-0.15, -0.1) is 0 Å². The second kappa shape index (κ2) is 5.93. The molecule has 0 heterocycles. The Morgan fingerprint density at radius 3 is 2.65 bits per heavy atom. The van der Waals surface area contributed by atoms with Crippen LogP contribution in [0.25, 0.3) is 0 Å². The fourth-order valence-electron chi connectivity index (χ4n) is 1.31. The van der Waals surface area contributed by atoms with Crippen molar-refractivity contribution in [2.75, 3.05) is 13.2 Å². The summed E-state index contributed by atoms with van der Waals surface area (Å²) in [6.45, 7) is 1.99. The first-order valence-corrected chi connectivity index (χ1v) is 5.42. The number of halogens is 2. The van der Waals surface area contributed by atoms with Crippen molar-refractivity contribution >= 4 is 0 Å². The second-order valence-corrected chi connectivity index (χ2v) is 4.34. The monoisotopic (exact) mass is 245 g/mol. The summed E-state index contributed by atoms with van der Waals surface area (Å²) in [6, 6.07) is 3.39. The molecule has 3 N–H and O–H groups in total. The smallest absolute Gasteiger partial charge is 0.162 e. The van der Waals surface area contributed by atoms with E-state index in [9.17, 15) is 8.78 Å². The molecule has 0 spiro atoms. The molecule has 0 fully saturated rings. The van der Waals surface area contributed by atoms with Crippen LogP contribution < -0.4 is 10.5 Å². The minimum absolute atomic E-state index is 0.0990. The predicted octanol–water partition coefficient (Wildman–Crippen LogP) is 1.83. The van der Waals surface area contributed by atoms with Crippen LogP contribution in [0.1, 0.15) is 19.8 Å². The van der Waals surface area contributed by atoms with Crippen molar-refractivity contribution in [1.82, 2.24) is 0 Å². The first-order chi connectivity index (χ1) is 7.94. The molecule has 0 radical (unpaired) electrons. The number of rotatable bonds is 6. The number of aliphatic hydroxyl groups excluding tert-OH is 1. The summed E-state index contributed by atoms with van der Waals surface area (Å²) in [7, 11) is 0. The third-order valence-corrected chi connectivity index (χ3v) is 2.41. The highest BCUT2D eigenvalue weighted by Gasteiger charge is 2.16. The summed E-state index contributed by atoms with van der Waals surface area (Å²) in [5.74, 6) is -1.54. The summed E-state index contributed by atoms with van der Waals surface area (Å²) in [4.78, 5) is 0. The van der Waals surface area contributed by atoms with E-state index in [2.05, 4.69) is 0 Å². The molecule has 3 nitrogen and oxygen atoms in total. The van der Waals surface area contributed by atoms with Crippen LogP contribution in [-0.2, 0) is 0 Å². The highest BCUT2D eigenvalue weighted by atomic mass is 19.2. The largest absolute Gasteiger partial charge is 0.493 e. The third kappa shape index (κ3) is 4.66. The summed E-state index contributed by atoms with van der Waals surface area (Å²) in [5, 5.41) is 8.92. The molecule has 1 aromatic carbocycles. The van der Waals surface area contributed by atoms with E-state index in [0.29, 0.717) is 19.4 Å². The number of hydrogen-bond acceptors (Lipinski definition) is 3. The number of benzene rings is 1. The fourth-order valence-corrected chi connectivity index (χ4v) is 1.31. The topological polar surface area (TPSA) is 55.5 Å². The minimum atomic E-state index is -0.929. The molecular formula is C12H17F2NO2. The summed E-state index contributed by atoms with van der Waals surface area (Å²) in [6.07, 6.45) is 1.22. The van der Waals surface area contributed by atoms with E-state index in [1.807, 2.05) is 0 Å². The summed E-state index contributed by atoms with van der Waals surface area (Å²) in [5.41, 5.74) is 5.10. The van der Waals surface area contributed by atoms with Crippen molar-refractivity contribution in [1.29, 1.82) is 0 Å². The molecular weight excluding hydrogens is 228 g/mol. The molecule has 0 aliphatic rings. The van der Waals surface area contributed by atoms with Gasteiger partial charge in [-0.05, 0) is 31.9 Å². The summed E-state index contributed by atoms with van der Waals surface area (Å²) >= 11 is 0. The Kier molecular flexibility index (Phi) is 4.84. The number of aliphatic hydroxyl groups is 1. The van der Waals surface area contributed by atoms with E-state index < -0.39 is 17.2 Å². The molecule has 1 rings (SSSR count). The lowest BCUT2D eigenvalue weighted by Gasteiger charge is -2.21. The van der Waals surface area contributed by atoms with Gasteiger partial charge in [0.05, 0.1) is 13.2 Å². The van der Waals surface area contributed by atoms with Gasteiger partial charge in [0.25, 0.3) is 0 Å². The Morgan fingerprint density at radius 2 is 2.06 bits per heavy atom. The highest BCUT2D eigenvalue weighted by molar-refractivity contribution is 5.23. The number of nitrogens with two attached hydrogens (primary N) is 1. The van der Waals surface area contributed by atoms with E-state index in [-0.39, 0.29) is 12.4 Å². The van der Waals surface area contributed by atoms with Crippen molar-refractivity contribution in [2.24, 2.45) is 5.73 Å². The average molecular weight is 245 g/mol. The molecule has 0 aromatic heterocycles. The Bertz CT molecular complexity index is 370. The molecule has 5 heteroatoms. The molecule has 0 saturated heterocycles. The second-order valence-electron chi connectivity index (χ2n) is 4.34. The van der Waals surface area contributed by atoms with Crippen molar-refractivity contribution in [2.45, 2.75) is 25.3 Å². The SMILES string of the molecule is CC(N)(CO)CCCOc1ccc(F)c(F)c1. The first-order valence-electron chi connectivity index (χ1n) is 5.42. The van der Waals surface area contributed by atoms with E-state index in [4.69, 9.17) is 15.6 Å². The lowest BCUT2D eigenvalue weighted by Crippen LogP contribution is -2.40. The Hall–Kier alpha value is -1.20. The maximum Gasteiger partial charge on any atom is 0.162 e. The van der Waals surface area contributed by atoms with Gasteiger partial charge in [-0.2, -0.15) is 0 Å². The van der Waals surface area contributed by atoms with Crippen LogP contribution in [-0.4, -0.2) is 23.9 Å². The molecule has 1 aromatic rings. The molecule has 1 atom stereocenters. The van der Waals surface area contributed by atoms with Crippen LogP contribution in [0.5, 0.6) is 5.75 Å². The molecule has 0 bridgehead atoms. The Morgan fingerprint density at radius 1 is 1.35 bits per heavy atom. The molecule has 96 valence electrons. The van der Waals surface area contributed by atoms with Crippen LogP contribution in [0.2, 0.25) is 0 Å². The van der Waals surface area contributed by atoms with E-state index in [1.54, 1.807) is 6.92 Å². The zero-order valence-corrected chi connectivity index (χ0v) is 9.75. The molecule has 0 saturated carbocycles. The minimum Gasteiger partial charge on any atom is -0.493 e. The zero-order valence-electron chi connectivity index (χ0n) is 9.75. The van der Waals surface area contributed by atoms with Gasteiger partial charge in [0.15, 0.2) is 11.6 Å². The van der Waals surface area contributed by atoms with E-state index >= 15 is 0 Å².